The van der Waals surface area contributed by atoms with Crippen molar-refractivity contribution in [1.82, 2.24) is 9.47 Å². The number of hydrogen-bond donors (Lipinski definition) is 1. The van der Waals surface area contributed by atoms with Crippen LogP contribution in [-0.4, -0.2) is 59.0 Å². The maximum Gasteiger partial charge on any atom is 0.337 e. The molecule has 30 heavy (non-hydrogen) atoms. The topological polar surface area (TPSA) is 84.1 Å². The fourth-order valence-corrected chi connectivity index (χ4v) is 3.72. The number of aromatic carboxylic acids is 1. The molecule has 4 rings (SSSR count). The summed E-state index contributed by atoms with van der Waals surface area (Å²) in [6.45, 7) is 2.60. The Balaban J connectivity index is 1.60. The summed E-state index contributed by atoms with van der Waals surface area (Å²) in [7, 11) is 0. The number of morpholine rings is 1. The fourth-order valence-electron chi connectivity index (χ4n) is 3.47. The lowest BCUT2D eigenvalue weighted by Gasteiger charge is -2.27. The standard InChI is InChI=1S/C22H20ClN3O4/c23-19-11-16(5-6-18(19)22(28)29)24-12-15-13-26(20-4-2-1-3-17(15)20)14-21(27)25-7-9-30-10-8-25/h1-6,11-13H,7-10,14H2,(H,28,29). The first-order valence-electron chi connectivity index (χ1n) is 9.53. The van der Waals surface area contributed by atoms with Gasteiger partial charge >= 0.3 is 5.97 Å². The summed E-state index contributed by atoms with van der Waals surface area (Å²) >= 11 is 6.03. The van der Waals surface area contributed by atoms with Crippen molar-refractivity contribution in [2.75, 3.05) is 26.3 Å². The third-order valence-corrected chi connectivity index (χ3v) is 5.34. The second kappa shape index (κ2) is 8.69. The van der Waals surface area contributed by atoms with Gasteiger partial charge in [-0.05, 0) is 24.3 Å². The Labute approximate surface area is 178 Å². The number of ether oxygens (including phenoxy) is 1. The molecule has 0 radical (unpaired) electrons. The smallest absolute Gasteiger partial charge is 0.337 e. The number of para-hydroxylation sites is 1. The summed E-state index contributed by atoms with van der Waals surface area (Å²) in [5.41, 5.74) is 2.39. The highest BCUT2D eigenvalue weighted by Gasteiger charge is 2.18. The first-order chi connectivity index (χ1) is 14.5. The second-order valence-electron chi connectivity index (χ2n) is 6.95. The van der Waals surface area contributed by atoms with Gasteiger partial charge in [-0.2, -0.15) is 0 Å². The number of benzene rings is 2. The quantitative estimate of drug-likeness (QED) is 0.633. The molecule has 1 aromatic heterocycles. The van der Waals surface area contributed by atoms with Crippen molar-refractivity contribution >= 4 is 46.3 Å². The Morgan fingerprint density at radius 1 is 1.17 bits per heavy atom. The van der Waals surface area contributed by atoms with Gasteiger partial charge in [-0.3, -0.25) is 9.79 Å². The number of carboxylic acids is 1. The van der Waals surface area contributed by atoms with Crippen LogP contribution in [0.4, 0.5) is 5.69 Å². The van der Waals surface area contributed by atoms with Gasteiger partial charge < -0.3 is 19.3 Å². The number of halogens is 1. The average molecular weight is 426 g/mol. The number of aliphatic imine (C=N–C) groups is 1. The number of nitrogens with zero attached hydrogens (tertiary/aromatic N) is 3. The Morgan fingerprint density at radius 3 is 2.67 bits per heavy atom. The van der Waals surface area contributed by atoms with Gasteiger partial charge in [0.05, 0.1) is 29.5 Å². The lowest BCUT2D eigenvalue weighted by atomic mass is 10.2. The van der Waals surface area contributed by atoms with Crippen molar-refractivity contribution in [2.24, 2.45) is 4.99 Å². The maximum absolute atomic E-state index is 12.7. The number of rotatable bonds is 5. The predicted octanol–water partition coefficient (Wildman–Crippen LogP) is 3.60. The SMILES string of the molecule is O=C(O)c1ccc(N=Cc2cn(CC(=O)N3CCOCC3)c3ccccc23)cc1Cl. The monoisotopic (exact) mass is 425 g/mol. The number of aromatic nitrogens is 1. The molecule has 3 aromatic rings. The molecule has 1 N–H and O–H groups in total. The minimum Gasteiger partial charge on any atom is -0.478 e. The van der Waals surface area contributed by atoms with Gasteiger partial charge in [-0.15, -0.1) is 0 Å². The van der Waals surface area contributed by atoms with Gasteiger partial charge in [0.1, 0.15) is 6.54 Å². The minimum atomic E-state index is -1.08. The van der Waals surface area contributed by atoms with E-state index >= 15 is 0 Å². The van der Waals surface area contributed by atoms with E-state index < -0.39 is 5.97 Å². The summed E-state index contributed by atoms with van der Waals surface area (Å²) in [5, 5.41) is 10.2. The molecule has 0 unspecified atom stereocenters. The number of amides is 1. The molecule has 1 aliphatic heterocycles. The van der Waals surface area contributed by atoms with Crippen LogP contribution in [0, 0.1) is 0 Å². The number of hydrogen-bond acceptors (Lipinski definition) is 4. The van der Waals surface area contributed by atoms with Crippen molar-refractivity contribution in [3.63, 3.8) is 0 Å². The van der Waals surface area contributed by atoms with Crippen LogP contribution >= 0.6 is 11.6 Å². The van der Waals surface area contributed by atoms with Gasteiger partial charge in [0.2, 0.25) is 5.91 Å². The van der Waals surface area contributed by atoms with E-state index in [-0.39, 0.29) is 23.0 Å². The van der Waals surface area contributed by atoms with Crippen LogP contribution in [0.1, 0.15) is 15.9 Å². The zero-order valence-corrected chi connectivity index (χ0v) is 16.9. The highest BCUT2D eigenvalue weighted by atomic mass is 35.5. The maximum atomic E-state index is 12.7. The number of carboxylic acid groups (broad SMARTS) is 1. The molecule has 2 aromatic carbocycles. The van der Waals surface area contributed by atoms with Crippen molar-refractivity contribution in [3.05, 3.63) is 64.8 Å². The van der Waals surface area contributed by atoms with Crippen LogP contribution in [-0.2, 0) is 16.1 Å². The predicted molar refractivity (Wildman–Crippen MR) is 115 cm³/mol. The number of carbonyl (C=O) groups is 2. The summed E-state index contributed by atoms with van der Waals surface area (Å²) in [5.74, 6) is -1.03. The molecular formula is C22H20ClN3O4. The average Bonchev–Trinajstić information content (AvgIpc) is 3.10. The zero-order chi connectivity index (χ0) is 21.1. The molecule has 0 aliphatic carbocycles. The van der Waals surface area contributed by atoms with Crippen molar-refractivity contribution in [2.45, 2.75) is 6.54 Å². The van der Waals surface area contributed by atoms with E-state index in [1.165, 1.54) is 12.1 Å². The summed E-state index contributed by atoms with van der Waals surface area (Å²) in [4.78, 5) is 30.0. The lowest BCUT2D eigenvalue weighted by molar-refractivity contribution is -0.135. The Hall–Kier alpha value is -3.16. The van der Waals surface area contributed by atoms with Crippen molar-refractivity contribution < 1.29 is 19.4 Å². The van der Waals surface area contributed by atoms with Gasteiger partial charge in [0, 0.05) is 42.0 Å². The van der Waals surface area contributed by atoms with E-state index in [2.05, 4.69) is 4.99 Å². The van der Waals surface area contributed by atoms with Crippen LogP contribution in [0.5, 0.6) is 0 Å². The molecule has 0 spiro atoms. The first-order valence-corrected chi connectivity index (χ1v) is 9.91. The minimum absolute atomic E-state index is 0.0360. The molecule has 1 aliphatic rings. The van der Waals surface area contributed by atoms with Crippen molar-refractivity contribution in [1.29, 1.82) is 0 Å². The van der Waals surface area contributed by atoms with Gasteiger partial charge in [0.15, 0.2) is 0 Å². The summed E-state index contributed by atoms with van der Waals surface area (Å²) in [6.07, 6.45) is 3.60. The lowest BCUT2D eigenvalue weighted by Crippen LogP contribution is -2.42. The van der Waals surface area contributed by atoms with Crippen LogP contribution in [0.2, 0.25) is 5.02 Å². The molecule has 0 saturated carbocycles. The molecule has 2 heterocycles. The molecule has 0 atom stereocenters. The fraction of sp³-hybridized carbons (Fsp3) is 0.227. The number of fused-ring (bicyclic) bond motifs is 1. The van der Waals surface area contributed by atoms with Gasteiger partial charge in [-0.1, -0.05) is 29.8 Å². The number of carbonyl (C=O) groups excluding carboxylic acids is 1. The van der Waals surface area contributed by atoms with Crippen LogP contribution < -0.4 is 0 Å². The van der Waals surface area contributed by atoms with E-state index in [1.54, 1.807) is 12.3 Å². The Morgan fingerprint density at radius 2 is 1.93 bits per heavy atom. The van der Waals surface area contributed by atoms with Crippen LogP contribution in [0.3, 0.4) is 0 Å². The molecule has 8 heteroatoms. The van der Waals surface area contributed by atoms with Crippen LogP contribution in [0.15, 0.2) is 53.7 Å². The molecule has 154 valence electrons. The molecule has 7 nitrogen and oxygen atoms in total. The Bertz CT molecular complexity index is 1130. The van der Waals surface area contributed by atoms with E-state index in [1.807, 2.05) is 39.9 Å². The molecule has 1 saturated heterocycles. The molecule has 1 fully saturated rings. The molecule has 1 amide bonds. The zero-order valence-electron chi connectivity index (χ0n) is 16.1. The van der Waals surface area contributed by atoms with E-state index in [9.17, 15) is 9.59 Å². The van der Waals surface area contributed by atoms with E-state index in [4.69, 9.17) is 21.4 Å². The van der Waals surface area contributed by atoms with Crippen LogP contribution in [0.25, 0.3) is 10.9 Å². The van der Waals surface area contributed by atoms with Gasteiger partial charge in [0.25, 0.3) is 0 Å². The second-order valence-corrected chi connectivity index (χ2v) is 7.36. The highest BCUT2D eigenvalue weighted by Crippen LogP contribution is 2.25. The molecular weight excluding hydrogens is 406 g/mol. The Kier molecular flexibility index (Phi) is 5.83. The van der Waals surface area contributed by atoms with Gasteiger partial charge in [-0.25, -0.2) is 4.79 Å². The largest absolute Gasteiger partial charge is 0.478 e. The van der Waals surface area contributed by atoms with Crippen molar-refractivity contribution in [3.8, 4) is 0 Å². The summed E-state index contributed by atoms with van der Waals surface area (Å²) in [6, 6.07) is 12.4. The van der Waals surface area contributed by atoms with E-state index in [0.29, 0.717) is 32.0 Å². The normalized spacial score (nSPS) is 14.5. The van der Waals surface area contributed by atoms with E-state index in [0.717, 1.165) is 16.5 Å². The highest BCUT2D eigenvalue weighted by molar-refractivity contribution is 6.33. The molecule has 0 bridgehead atoms. The summed E-state index contributed by atoms with van der Waals surface area (Å²) < 4.78 is 7.24. The third kappa shape index (κ3) is 4.22. The third-order valence-electron chi connectivity index (χ3n) is 5.02. The first kappa shape index (κ1) is 20.1.